The summed E-state index contributed by atoms with van der Waals surface area (Å²) in [6.07, 6.45) is 1.27. The fourth-order valence-corrected chi connectivity index (χ4v) is 1.71. The minimum Gasteiger partial charge on any atom is -0.307 e. The molecule has 0 atom stereocenters. The van der Waals surface area contributed by atoms with Gasteiger partial charge in [-0.3, -0.25) is 0 Å². The molecular formula is C12H12ClF4N3. The van der Waals surface area contributed by atoms with Crippen LogP contribution in [0.2, 0.25) is 0 Å². The first-order valence-electron chi connectivity index (χ1n) is 5.52. The average Bonchev–Trinajstić information content (AvgIpc) is 2.76. The fourth-order valence-electron chi connectivity index (χ4n) is 1.71. The molecule has 110 valence electrons. The maximum absolute atomic E-state index is 12.9. The molecule has 1 aromatic heterocycles. The maximum Gasteiger partial charge on any atom is 0.333 e. The van der Waals surface area contributed by atoms with Gasteiger partial charge < -0.3 is 5.32 Å². The summed E-state index contributed by atoms with van der Waals surface area (Å²) in [5, 5.41) is 6.30. The van der Waals surface area contributed by atoms with Crippen LogP contribution < -0.4 is 5.32 Å². The number of nitrogens with one attached hydrogen (secondary N) is 1. The summed E-state index contributed by atoms with van der Waals surface area (Å²) in [4.78, 5) is 0. The highest BCUT2D eigenvalue weighted by atomic mass is 35.5. The first kappa shape index (κ1) is 16.5. The summed E-state index contributed by atoms with van der Waals surface area (Å²) < 4.78 is 51.4. The van der Waals surface area contributed by atoms with Gasteiger partial charge in [-0.25, -0.2) is 13.5 Å². The quantitative estimate of drug-likeness (QED) is 0.859. The molecule has 1 heterocycles. The fraction of sp³-hybridized carbons (Fsp3) is 0.250. The lowest BCUT2D eigenvalue weighted by atomic mass is 10.2. The summed E-state index contributed by atoms with van der Waals surface area (Å²) >= 11 is 0. The Morgan fingerprint density at radius 3 is 2.35 bits per heavy atom. The predicted molar refractivity (Wildman–Crippen MR) is 67.6 cm³/mol. The maximum atomic E-state index is 12.9. The van der Waals surface area contributed by atoms with Crippen molar-refractivity contribution in [3.8, 4) is 0 Å². The van der Waals surface area contributed by atoms with Crippen molar-refractivity contribution < 1.29 is 17.6 Å². The molecule has 1 N–H and O–H groups in total. The van der Waals surface area contributed by atoms with Crippen molar-refractivity contribution in [1.29, 1.82) is 0 Å². The Labute approximate surface area is 119 Å². The second kappa shape index (κ2) is 7.25. The van der Waals surface area contributed by atoms with Crippen molar-refractivity contribution >= 4 is 12.4 Å². The number of halogens is 5. The van der Waals surface area contributed by atoms with Crippen molar-refractivity contribution in [2.24, 2.45) is 0 Å². The van der Waals surface area contributed by atoms with E-state index in [4.69, 9.17) is 0 Å². The molecule has 0 radical (unpaired) electrons. The van der Waals surface area contributed by atoms with Gasteiger partial charge >= 0.3 is 6.55 Å². The van der Waals surface area contributed by atoms with Gasteiger partial charge in [0, 0.05) is 25.4 Å². The van der Waals surface area contributed by atoms with E-state index in [0.29, 0.717) is 15.9 Å². The van der Waals surface area contributed by atoms with Crippen LogP contribution in [0.5, 0.6) is 0 Å². The van der Waals surface area contributed by atoms with Crippen LogP contribution in [0.3, 0.4) is 0 Å². The number of nitrogens with zero attached hydrogens (tertiary/aromatic N) is 2. The molecule has 0 bridgehead atoms. The van der Waals surface area contributed by atoms with Crippen LogP contribution in [0.15, 0.2) is 30.5 Å². The summed E-state index contributed by atoms with van der Waals surface area (Å²) in [6, 6.07) is 4.58. The van der Waals surface area contributed by atoms with Gasteiger partial charge in [-0.15, -0.1) is 12.4 Å². The highest BCUT2D eigenvalue weighted by Crippen LogP contribution is 2.12. The Morgan fingerprint density at radius 1 is 1.10 bits per heavy atom. The Kier molecular flexibility index (Phi) is 5.97. The Bertz CT molecular complexity index is 539. The van der Waals surface area contributed by atoms with Gasteiger partial charge in [-0.2, -0.15) is 13.9 Å². The first-order chi connectivity index (χ1) is 9.06. The normalized spacial score (nSPS) is 10.7. The van der Waals surface area contributed by atoms with Crippen LogP contribution in [0.25, 0.3) is 0 Å². The van der Waals surface area contributed by atoms with Crippen molar-refractivity contribution in [2.75, 3.05) is 0 Å². The van der Waals surface area contributed by atoms with Crippen LogP contribution in [0, 0.1) is 11.6 Å². The van der Waals surface area contributed by atoms with E-state index in [2.05, 4.69) is 10.4 Å². The lowest BCUT2D eigenvalue weighted by molar-refractivity contribution is 0.0531. The zero-order valence-corrected chi connectivity index (χ0v) is 11.0. The number of hydrogen-bond donors (Lipinski definition) is 1. The van der Waals surface area contributed by atoms with Crippen molar-refractivity contribution in [3.05, 3.63) is 53.4 Å². The molecule has 0 aliphatic heterocycles. The molecule has 20 heavy (non-hydrogen) atoms. The van der Waals surface area contributed by atoms with E-state index in [-0.39, 0.29) is 25.5 Å². The highest BCUT2D eigenvalue weighted by molar-refractivity contribution is 5.85. The molecule has 0 saturated heterocycles. The van der Waals surface area contributed by atoms with Crippen molar-refractivity contribution in [1.82, 2.24) is 15.1 Å². The third-order valence-electron chi connectivity index (χ3n) is 2.49. The van der Waals surface area contributed by atoms with Gasteiger partial charge in [-0.05, 0) is 23.8 Å². The van der Waals surface area contributed by atoms with E-state index in [9.17, 15) is 17.6 Å². The van der Waals surface area contributed by atoms with Crippen molar-refractivity contribution in [2.45, 2.75) is 19.6 Å². The van der Waals surface area contributed by atoms with Crippen LogP contribution in [0.1, 0.15) is 17.8 Å². The Balaban J connectivity index is 0.00000200. The molecule has 0 aliphatic rings. The van der Waals surface area contributed by atoms with E-state index in [1.165, 1.54) is 24.4 Å². The SMILES string of the molecule is Cl.Fc1cc(F)cc(CNCc2ccnn2C(F)F)c1. The van der Waals surface area contributed by atoms with Crippen LogP contribution in [0.4, 0.5) is 17.6 Å². The third kappa shape index (κ3) is 4.21. The molecule has 0 fully saturated rings. The second-order valence-electron chi connectivity index (χ2n) is 3.93. The largest absolute Gasteiger partial charge is 0.333 e. The molecular weight excluding hydrogens is 298 g/mol. The van der Waals surface area contributed by atoms with E-state index in [1.54, 1.807) is 0 Å². The Morgan fingerprint density at radius 2 is 1.75 bits per heavy atom. The smallest absolute Gasteiger partial charge is 0.307 e. The molecule has 3 nitrogen and oxygen atoms in total. The van der Waals surface area contributed by atoms with Gasteiger partial charge in [0.15, 0.2) is 0 Å². The number of alkyl halides is 2. The lowest BCUT2D eigenvalue weighted by Gasteiger charge is -2.08. The molecule has 1 aromatic carbocycles. The molecule has 2 rings (SSSR count). The molecule has 0 unspecified atom stereocenters. The summed E-state index contributed by atoms with van der Waals surface area (Å²) in [5.74, 6) is -1.34. The molecule has 2 aromatic rings. The lowest BCUT2D eigenvalue weighted by Crippen LogP contribution is -2.17. The minimum absolute atomic E-state index is 0. The zero-order chi connectivity index (χ0) is 13.8. The standard InChI is InChI=1S/C12H11F4N3.ClH/c13-9-3-8(4-10(14)5-9)6-17-7-11-1-2-18-19(11)12(15)16;/h1-5,12,17H,6-7H2;1H. The Hall–Kier alpha value is -1.60. The minimum atomic E-state index is -2.71. The predicted octanol–water partition coefficient (Wildman–Crippen LogP) is 3.27. The topological polar surface area (TPSA) is 29.9 Å². The second-order valence-corrected chi connectivity index (χ2v) is 3.93. The average molecular weight is 310 g/mol. The molecule has 0 saturated carbocycles. The first-order valence-corrected chi connectivity index (χ1v) is 5.52. The van der Waals surface area contributed by atoms with Gasteiger partial charge in [0.25, 0.3) is 0 Å². The van der Waals surface area contributed by atoms with E-state index in [1.807, 2.05) is 0 Å². The molecule has 0 amide bonds. The van der Waals surface area contributed by atoms with Gasteiger partial charge in [0.1, 0.15) is 11.6 Å². The summed E-state index contributed by atoms with van der Waals surface area (Å²) in [5.41, 5.74) is 0.701. The van der Waals surface area contributed by atoms with Crippen LogP contribution >= 0.6 is 12.4 Å². The molecule has 0 aliphatic carbocycles. The van der Waals surface area contributed by atoms with Crippen molar-refractivity contribution in [3.63, 3.8) is 0 Å². The number of aromatic nitrogens is 2. The van der Waals surface area contributed by atoms with Crippen LogP contribution in [-0.2, 0) is 13.1 Å². The van der Waals surface area contributed by atoms with E-state index in [0.717, 1.165) is 6.07 Å². The monoisotopic (exact) mass is 309 g/mol. The van der Waals surface area contributed by atoms with E-state index >= 15 is 0 Å². The summed E-state index contributed by atoms with van der Waals surface area (Å²) in [6.45, 7) is -2.41. The number of benzene rings is 1. The third-order valence-corrected chi connectivity index (χ3v) is 2.49. The molecule has 0 spiro atoms. The number of hydrogen-bond acceptors (Lipinski definition) is 2. The summed E-state index contributed by atoms with van der Waals surface area (Å²) in [7, 11) is 0. The highest BCUT2D eigenvalue weighted by Gasteiger charge is 2.10. The van der Waals surface area contributed by atoms with Gasteiger partial charge in [0.05, 0.1) is 5.69 Å². The molecule has 8 heteroatoms. The van der Waals surface area contributed by atoms with E-state index < -0.39 is 18.2 Å². The van der Waals surface area contributed by atoms with Gasteiger partial charge in [-0.1, -0.05) is 0 Å². The van der Waals surface area contributed by atoms with Gasteiger partial charge in [0.2, 0.25) is 0 Å². The van der Waals surface area contributed by atoms with Crippen LogP contribution in [-0.4, -0.2) is 9.78 Å². The number of rotatable bonds is 5. The zero-order valence-electron chi connectivity index (χ0n) is 10.2.